The Morgan fingerprint density at radius 2 is 2.04 bits per heavy atom. The predicted octanol–water partition coefficient (Wildman–Crippen LogP) is 3.29. The Balaban J connectivity index is 1.46. The normalized spacial score (nSPS) is 17.1. The third kappa shape index (κ3) is 3.90. The van der Waals surface area contributed by atoms with Crippen molar-refractivity contribution < 1.29 is 4.79 Å². The van der Waals surface area contributed by atoms with E-state index in [1.165, 1.54) is 5.56 Å². The van der Waals surface area contributed by atoms with Crippen LogP contribution in [-0.2, 0) is 6.54 Å². The highest BCUT2D eigenvalue weighted by molar-refractivity contribution is 6.03. The van der Waals surface area contributed by atoms with Gasteiger partial charge in [0.15, 0.2) is 0 Å². The number of aromatic nitrogens is 3. The Kier molecular flexibility index (Phi) is 4.98. The van der Waals surface area contributed by atoms with Gasteiger partial charge in [-0.05, 0) is 31.0 Å². The average molecular weight is 361 g/mol. The first kappa shape index (κ1) is 17.4. The summed E-state index contributed by atoms with van der Waals surface area (Å²) in [5.74, 6) is 0.613. The molecule has 1 saturated heterocycles. The zero-order valence-corrected chi connectivity index (χ0v) is 15.4. The number of likely N-dealkylation sites (tertiary alicyclic amines) is 1. The first-order valence-corrected chi connectivity index (χ1v) is 9.22. The third-order valence-corrected chi connectivity index (χ3v) is 4.98. The van der Waals surface area contributed by atoms with Crippen LogP contribution in [0.1, 0.15) is 33.9 Å². The van der Waals surface area contributed by atoms with Crippen molar-refractivity contribution in [3.8, 4) is 0 Å². The minimum absolute atomic E-state index is 0.160. The second-order valence-corrected chi connectivity index (χ2v) is 6.98. The molecule has 1 N–H and O–H groups in total. The van der Waals surface area contributed by atoms with Crippen LogP contribution in [0.5, 0.6) is 0 Å². The molecule has 1 atom stereocenters. The number of hydrogen-bond donors (Lipinski definition) is 1. The van der Waals surface area contributed by atoms with E-state index in [-0.39, 0.29) is 11.9 Å². The van der Waals surface area contributed by atoms with Crippen LogP contribution < -0.4 is 5.32 Å². The van der Waals surface area contributed by atoms with Gasteiger partial charge in [-0.15, -0.1) is 0 Å². The molecule has 6 nitrogen and oxygen atoms in total. The fraction of sp³-hybridized carbons (Fsp3) is 0.286. The van der Waals surface area contributed by atoms with Gasteiger partial charge in [-0.1, -0.05) is 30.3 Å². The molecule has 0 saturated carbocycles. The molecule has 1 aromatic carbocycles. The molecule has 0 unspecified atom stereocenters. The molecule has 1 aliphatic rings. The van der Waals surface area contributed by atoms with Gasteiger partial charge in [0.25, 0.3) is 5.91 Å². The molecule has 0 aliphatic carbocycles. The fourth-order valence-electron chi connectivity index (χ4n) is 3.55. The molecule has 4 rings (SSSR count). The number of amides is 1. The van der Waals surface area contributed by atoms with Crippen molar-refractivity contribution in [3.63, 3.8) is 0 Å². The van der Waals surface area contributed by atoms with Crippen molar-refractivity contribution in [2.24, 2.45) is 0 Å². The van der Waals surface area contributed by atoms with Crippen LogP contribution in [0.2, 0.25) is 0 Å². The number of benzene rings is 1. The number of carbonyl (C=O) groups is 1. The van der Waals surface area contributed by atoms with Crippen molar-refractivity contribution in [1.29, 1.82) is 0 Å². The van der Waals surface area contributed by atoms with Crippen molar-refractivity contribution in [2.75, 3.05) is 18.4 Å². The van der Waals surface area contributed by atoms with Crippen LogP contribution in [-0.4, -0.2) is 38.7 Å². The van der Waals surface area contributed by atoms with Gasteiger partial charge in [0, 0.05) is 37.6 Å². The monoisotopic (exact) mass is 361 g/mol. The van der Waals surface area contributed by atoms with Crippen LogP contribution in [0.25, 0.3) is 0 Å². The number of rotatable bonds is 5. The zero-order valence-electron chi connectivity index (χ0n) is 15.4. The van der Waals surface area contributed by atoms with E-state index in [1.54, 1.807) is 24.5 Å². The molecule has 0 bridgehead atoms. The Labute approximate surface area is 158 Å². The first-order chi connectivity index (χ1) is 13.2. The van der Waals surface area contributed by atoms with Gasteiger partial charge in [-0.2, -0.15) is 5.10 Å². The van der Waals surface area contributed by atoms with Crippen molar-refractivity contribution >= 4 is 11.7 Å². The number of nitrogens with one attached hydrogen (secondary N) is 1. The molecule has 0 spiro atoms. The molecule has 1 amide bonds. The maximum atomic E-state index is 12.5. The fourth-order valence-corrected chi connectivity index (χ4v) is 3.55. The van der Waals surface area contributed by atoms with Gasteiger partial charge < -0.3 is 5.32 Å². The predicted molar refractivity (Wildman–Crippen MR) is 105 cm³/mol. The van der Waals surface area contributed by atoms with Crippen LogP contribution >= 0.6 is 0 Å². The van der Waals surface area contributed by atoms with E-state index in [0.29, 0.717) is 5.56 Å². The molecule has 3 aromatic rings. The minimum atomic E-state index is -0.160. The molecule has 1 fully saturated rings. The van der Waals surface area contributed by atoms with E-state index in [2.05, 4.69) is 44.6 Å². The lowest BCUT2D eigenvalue weighted by molar-refractivity contribution is 0.102. The largest absolute Gasteiger partial charge is 0.306 e. The Bertz CT molecular complexity index is 907. The number of aryl methyl sites for hydroxylation is 1. The van der Waals surface area contributed by atoms with E-state index in [4.69, 9.17) is 0 Å². The number of hydrogen-bond acceptors (Lipinski definition) is 4. The van der Waals surface area contributed by atoms with Crippen molar-refractivity contribution in [1.82, 2.24) is 19.7 Å². The Morgan fingerprint density at radius 1 is 1.19 bits per heavy atom. The summed E-state index contributed by atoms with van der Waals surface area (Å²) in [5, 5.41) is 7.57. The van der Waals surface area contributed by atoms with Gasteiger partial charge in [-0.25, -0.2) is 4.68 Å². The summed E-state index contributed by atoms with van der Waals surface area (Å²) in [7, 11) is 0. The standard InChI is InChI=1S/C21H23N5O/c1-16-12-23-26(20(16)24-21(27)18-8-5-10-22-13-18)19-9-11-25(15-19)14-17-6-3-2-4-7-17/h2-8,10,12-13,19H,9,11,14-15H2,1H3,(H,24,27)/t19-/m0/s1. The summed E-state index contributed by atoms with van der Waals surface area (Å²) < 4.78 is 1.97. The first-order valence-electron chi connectivity index (χ1n) is 9.22. The summed E-state index contributed by atoms with van der Waals surface area (Å²) >= 11 is 0. The van der Waals surface area contributed by atoms with Gasteiger partial charge in [-0.3, -0.25) is 14.7 Å². The maximum Gasteiger partial charge on any atom is 0.258 e. The highest BCUT2D eigenvalue weighted by atomic mass is 16.1. The summed E-state index contributed by atoms with van der Waals surface area (Å²) in [5.41, 5.74) is 2.83. The molecule has 27 heavy (non-hydrogen) atoms. The number of pyridine rings is 1. The molecule has 0 radical (unpaired) electrons. The van der Waals surface area contributed by atoms with Crippen LogP contribution in [0.4, 0.5) is 5.82 Å². The molecule has 1 aliphatic heterocycles. The molecular weight excluding hydrogens is 338 g/mol. The highest BCUT2D eigenvalue weighted by Gasteiger charge is 2.27. The SMILES string of the molecule is Cc1cnn([C@H]2CCN(Cc3ccccc3)C2)c1NC(=O)c1cccnc1. The lowest BCUT2D eigenvalue weighted by Gasteiger charge is -2.18. The Hall–Kier alpha value is -2.99. The molecular formula is C21H23N5O. The van der Waals surface area contributed by atoms with Gasteiger partial charge >= 0.3 is 0 Å². The van der Waals surface area contributed by atoms with E-state index < -0.39 is 0 Å². The molecule has 2 aromatic heterocycles. The second kappa shape index (κ2) is 7.72. The molecule has 138 valence electrons. The summed E-state index contributed by atoms with van der Waals surface area (Å²) in [6.45, 7) is 4.86. The molecule has 3 heterocycles. The topological polar surface area (TPSA) is 63.1 Å². The number of anilines is 1. The van der Waals surface area contributed by atoms with Crippen LogP contribution in [0.15, 0.2) is 61.1 Å². The van der Waals surface area contributed by atoms with Gasteiger partial charge in [0.2, 0.25) is 0 Å². The Morgan fingerprint density at radius 3 is 2.81 bits per heavy atom. The second-order valence-electron chi connectivity index (χ2n) is 6.98. The quantitative estimate of drug-likeness (QED) is 0.757. The smallest absolute Gasteiger partial charge is 0.258 e. The number of nitrogens with zero attached hydrogens (tertiary/aromatic N) is 4. The minimum Gasteiger partial charge on any atom is -0.306 e. The van der Waals surface area contributed by atoms with E-state index in [0.717, 1.165) is 37.4 Å². The van der Waals surface area contributed by atoms with E-state index in [1.807, 2.05) is 23.9 Å². The summed E-state index contributed by atoms with van der Waals surface area (Å²) in [6.07, 6.45) is 6.07. The van der Waals surface area contributed by atoms with Crippen molar-refractivity contribution in [3.05, 3.63) is 77.7 Å². The average Bonchev–Trinajstić information content (AvgIpc) is 3.30. The lowest BCUT2D eigenvalue weighted by atomic mass is 10.2. The van der Waals surface area contributed by atoms with Crippen LogP contribution in [0.3, 0.4) is 0 Å². The summed E-state index contributed by atoms with van der Waals surface area (Å²) in [6, 6.07) is 14.3. The highest BCUT2D eigenvalue weighted by Crippen LogP contribution is 2.28. The van der Waals surface area contributed by atoms with E-state index >= 15 is 0 Å². The third-order valence-electron chi connectivity index (χ3n) is 4.98. The molecule has 6 heteroatoms. The number of carbonyl (C=O) groups excluding carboxylic acids is 1. The lowest BCUT2D eigenvalue weighted by Crippen LogP contribution is -2.23. The van der Waals surface area contributed by atoms with Gasteiger partial charge in [0.05, 0.1) is 17.8 Å². The van der Waals surface area contributed by atoms with E-state index in [9.17, 15) is 4.79 Å². The van der Waals surface area contributed by atoms with Crippen molar-refractivity contribution in [2.45, 2.75) is 25.9 Å². The zero-order chi connectivity index (χ0) is 18.6. The van der Waals surface area contributed by atoms with Gasteiger partial charge in [0.1, 0.15) is 5.82 Å². The van der Waals surface area contributed by atoms with Crippen LogP contribution in [0, 0.1) is 6.92 Å². The summed E-state index contributed by atoms with van der Waals surface area (Å²) in [4.78, 5) is 19.0. The maximum absolute atomic E-state index is 12.5.